The van der Waals surface area contributed by atoms with E-state index in [2.05, 4.69) is 19.2 Å². The SMILES string of the molecule is Cc1ccc(CNc2cc(C(=O)O[C@@H]3CC[C@@H]4CC(C(C)C)CCC4C3)c(N)c3c2C(=O)c2ccccc2C3=O)cc1. The van der Waals surface area contributed by atoms with Crippen LogP contribution in [0.4, 0.5) is 11.4 Å². The van der Waals surface area contributed by atoms with Crippen LogP contribution in [-0.4, -0.2) is 23.6 Å². The Labute approximate surface area is 248 Å². The molecule has 3 aromatic carbocycles. The first-order valence-corrected chi connectivity index (χ1v) is 15.4. The number of hydrogen-bond acceptors (Lipinski definition) is 6. The van der Waals surface area contributed by atoms with Crippen molar-refractivity contribution in [1.82, 2.24) is 0 Å². The minimum atomic E-state index is -0.535. The molecule has 0 heterocycles. The predicted molar refractivity (Wildman–Crippen MR) is 165 cm³/mol. The molecule has 3 aliphatic carbocycles. The molecule has 2 fully saturated rings. The number of benzene rings is 3. The minimum absolute atomic E-state index is 0.00914. The zero-order valence-corrected chi connectivity index (χ0v) is 24.7. The van der Waals surface area contributed by atoms with E-state index < -0.39 is 5.97 Å². The molecule has 6 heteroatoms. The lowest BCUT2D eigenvalue weighted by Crippen LogP contribution is -2.36. The molecule has 6 nitrogen and oxygen atoms in total. The van der Waals surface area contributed by atoms with E-state index in [0.717, 1.165) is 36.3 Å². The van der Waals surface area contributed by atoms with E-state index in [1.165, 1.54) is 19.3 Å². The molecule has 218 valence electrons. The third-order valence-corrected chi connectivity index (χ3v) is 9.88. The molecule has 2 unspecified atom stereocenters. The normalized spacial score (nSPS) is 23.1. The minimum Gasteiger partial charge on any atom is -0.459 e. The molecule has 0 bridgehead atoms. The molecule has 3 aliphatic rings. The average Bonchev–Trinajstić information content (AvgIpc) is 2.99. The first kappa shape index (κ1) is 28.2. The Bertz CT molecular complexity index is 1540. The quantitative estimate of drug-likeness (QED) is 0.188. The molecule has 0 aromatic heterocycles. The van der Waals surface area contributed by atoms with Gasteiger partial charge in [0.1, 0.15) is 6.10 Å². The highest BCUT2D eigenvalue weighted by Crippen LogP contribution is 2.46. The second kappa shape index (κ2) is 11.4. The van der Waals surface area contributed by atoms with Gasteiger partial charge in [0.2, 0.25) is 0 Å². The number of anilines is 2. The zero-order chi connectivity index (χ0) is 29.5. The molecule has 0 radical (unpaired) electrons. The van der Waals surface area contributed by atoms with Crippen molar-refractivity contribution in [3.8, 4) is 0 Å². The summed E-state index contributed by atoms with van der Waals surface area (Å²) in [5, 5.41) is 3.33. The lowest BCUT2D eigenvalue weighted by molar-refractivity contribution is -0.00818. The number of carbonyl (C=O) groups is 3. The van der Waals surface area contributed by atoms with Gasteiger partial charge < -0.3 is 15.8 Å². The van der Waals surface area contributed by atoms with Gasteiger partial charge in [-0.15, -0.1) is 0 Å². The molecule has 42 heavy (non-hydrogen) atoms. The van der Waals surface area contributed by atoms with Gasteiger partial charge in [-0.05, 0) is 80.8 Å². The molecule has 0 saturated heterocycles. The number of nitrogen functional groups attached to an aromatic ring is 1. The van der Waals surface area contributed by atoms with Gasteiger partial charge in [0.15, 0.2) is 11.6 Å². The van der Waals surface area contributed by atoms with Crippen LogP contribution in [-0.2, 0) is 11.3 Å². The number of aryl methyl sites for hydroxylation is 1. The van der Waals surface area contributed by atoms with Gasteiger partial charge in [-0.3, -0.25) is 9.59 Å². The first-order valence-electron chi connectivity index (χ1n) is 15.4. The summed E-state index contributed by atoms with van der Waals surface area (Å²) >= 11 is 0. The standard InChI is InChI=1S/C36H40N2O4/c1-20(2)23-12-13-25-17-26(15-14-24(25)16-23)42-36(41)29-18-30(38-19-22-10-8-21(3)9-11-22)31-32(33(29)37)35(40)28-7-5-4-6-27(28)34(31)39/h4-11,18,20,23-26,38H,12-17,19,37H2,1-3H3/t23?,24-,25?,26-/m1/s1. The van der Waals surface area contributed by atoms with Crippen LogP contribution in [0.25, 0.3) is 0 Å². The fraction of sp³-hybridized carbons (Fsp3) is 0.417. The van der Waals surface area contributed by atoms with Crippen molar-refractivity contribution >= 4 is 28.9 Å². The van der Waals surface area contributed by atoms with Crippen LogP contribution < -0.4 is 11.1 Å². The highest BCUT2D eigenvalue weighted by molar-refractivity contribution is 6.32. The Balaban J connectivity index is 1.29. The summed E-state index contributed by atoms with van der Waals surface area (Å²) in [4.78, 5) is 41.1. The van der Waals surface area contributed by atoms with Gasteiger partial charge >= 0.3 is 5.97 Å². The van der Waals surface area contributed by atoms with E-state index in [-0.39, 0.29) is 40.0 Å². The Morgan fingerprint density at radius 3 is 2.24 bits per heavy atom. The molecule has 0 aliphatic heterocycles. The fourth-order valence-electron chi connectivity index (χ4n) is 7.34. The maximum absolute atomic E-state index is 13.7. The predicted octanol–water partition coefficient (Wildman–Crippen LogP) is 7.36. The van der Waals surface area contributed by atoms with Gasteiger partial charge in [-0.25, -0.2) is 4.79 Å². The van der Waals surface area contributed by atoms with Crippen molar-refractivity contribution in [2.75, 3.05) is 11.1 Å². The summed E-state index contributed by atoms with van der Waals surface area (Å²) in [5.74, 6) is 1.61. The summed E-state index contributed by atoms with van der Waals surface area (Å²) in [5.41, 5.74) is 10.2. The molecule has 2 saturated carbocycles. The lowest BCUT2D eigenvalue weighted by Gasteiger charge is -2.43. The third kappa shape index (κ3) is 5.23. The molecule has 3 N–H and O–H groups in total. The van der Waals surface area contributed by atoms with Gasteiger partial charge in [-0.1, -0.05) is 67.9 Å². The molecule has 6 rings (SSSR count). The molecule has 0 spiro atoms. The Morgan fingerprint density at radius 1 is 0.905 bits per heavy atom. The van der Waals surface area contributed by atoms with Crippen LogP contribution in [0.15, 0.2) is 54.6 Å². The zero-order valence-electron chi connectivity index (χ0n) is 24.7. The lowest BCUT2D eigenvalue weighted by atomic mass is 9.65. The molecule has 0 amide bonds. The maximum Gasteiger partial charge on any atom is 0.340 e. The summed E-state index contributed by atoms with van der Waals surface area (Å²) in [6.07, 6.45) is 6.30. The Hall–Kier alpha value is -3.93. The second-order valence-electron chi connectivity index (χ2n) is 12.9. The highest BCUT2D eigenvalue weighted by Gasteiger charge is 2.39. The number of hydrogen-bond donors (Lipinski definition) is 2. The van der Waals surface area contributed by atoms with Crippen LogP contribution >= 0.6 is 0 Å². The Morgan fingerprint density at radius 2 is 1.55 bits per heavy atom. The largest absolute Gasteiger partial charge is 0.459 e. The highest BCUT2D eigenvalue weighted by atomic mass is 16.5. The number of nitrogens with one attached hydrogen (secondary N) is 1. The van der Waals surface area contributed by atoms with E-state index in [1.807, 2.05) is 31.2 Å². The number of ketones is 2. The second-order valence-corrected chi connectivity index (χ2v) is 12.9. The van der Waals surface area contributed by atoms with Gasteiger partial charge in [-0.2, -0.15) is 0 Å². The van der Waals surface area contributed by atoms with Crippen molar-refractivity contribution in [3.63, 3.8) is 0 Å². The van der Waals surface area contributed by atoms with Gasteiger partial charge in [0.05, 0.1) is 22.4 Å². The van der Waals surface area contributed by atoms with Crippen LogP contribution in [0, 0.1) is 30.6 Å². The van der Waals surface area contributed by atoms with Crippen LogP contribution in [0.1, 0.15) is 106 Å². The number of esters is 1. The average molecular weight is 565 g/mol. The summed E-state index contributed by atoms with van der Waals surface area (Å²) in [7, 11) is 0. The number of ether oxygens (including phenoxy) is 1. The first-order chi connectivity index (χ1) is 20.2. The van der Waals surface area contributed by atoms with Crippen molar-refractivity contribution < 1.29 is 19.1 Å². The van der Waals surface area contributed by atoms with Crippen molar-refractivity contribution in [1.29, 1.82) is 0 Å². The van der Waals surface area contributed by atoms with Crippen LogP contribution in [0.2, 0.25) is 0 Å². The van der Waals surface area contributed by atoms with E-state index in [4.69, 9.17) is 10.5 Å². The fourth-order valence-corrected chi connectivity index (χ4v) is 7.34. The number of rotatable bonds is 6. The van der Waals surface area contributed by atoms with Crippen LogP contribution in [0.5, 0.6) is 0 Å². The molecule has 4 atom stereocenters. The summed E-state index contributed by atoms with van der Waals surface area (Å²) < 4.78 is 6.09. The monoisotopic (exact) mass is 564 g/mol. The summed E-state index contributed by atoms with van der Waals surface area (Å²) in [6.45, 7) is 7.08. The summed E-state index contributed by atoms with van der Waals surface area (Å²) in [6, 6.07) is 16.4. The molecule has 3 aromatic rings. The van der Waals surface area contributed by atoms with Gasteiger partial charge in [0.25, 0.3) is 0 Å². The van der Waals surface area contributed by atoms with Crippen molar-refractivity contribution in [2.24, 2.45) is 23.7 Å². The van der Waals surface area contributed by atoms with E-state index >= 15 is 0 Å². The van der Waals surface area contributed by atoms with Gasteiger partial charge in [0, 0.05) is 23.4 Å². The molecular weight excluding hydrogens is 524 g/mol. The third-order valence-electron chi connectivity index (χ3n) is 9.88. The maximum atomic E-state index is 13.7. The molecular formula is C36H40N2O4. The van der Waals surface area contributed by atoms with E-state index in [1.54, 1.807) is 30.3 Å². The van der Waals surface area contributed by atoms with Crippen molar-refractivity contribution in [2.45, 2.75) is 71.9 Å². The van der Waals surface area contributed by atoms with E-state index in [9.17, 15) is 14.4 Å². The van der Waals surface area contributed by atoms with E-state index in [0.29, 0.717) is 41.1 Å². The smallest absolute Gasteiger partial charge is 0.340 e. The topological polar surface area (TPSA) is 98.5 Å². The number of fused-ring (bicyclic) bond motifs is 3. The number of carbonyl (C=O) groups excluding carboxylic acids is 3. The van der Waals surface area contributed by atoms with Crippen molar-refractivity contribution in [3.05, 3.63) is 93.5 Å². The van der Waals surface area contributed by atoms with Crippen LogP contribution in [0.3, 0.4) is 0 Å². The number of nitrogens with two attached hydrogens (primary N) is 1. The Kier molecular flexibility index (Phi) is 7.65.